The summed E-state index contributed by atoms with van der Waals surface area (Å²) in [5.41, 5.74) is 5.44. The van der Waals surface area contributed by atoms with E-state index < -0.39 is 23.9 Å². The Kier molecular flexibility index (Phi) is 18.7. The molecule has 0 aromatic rings. The molecule has 0 rings (SSSR count). The molecular weight excluding hydrogens is 321 g/mol. The second-order valence-corrected chi connectivity index (χ2v) is 5.89. The Morgan fingerprint density at radius 1 is 0.917 bits per heavy atom. The van der Waals surface area contributed by atoms with Crippen molar-refractivity contribution in [1.82, 2.24) is 0 Å². The van der Waals surface area contributed by atoms with Gasteiger partial charge in [0.25, 0.3) is 0 Å². The van der Waals surface area contributed by atoms with E-state index >= 15 is 0 Å². The zero-order valence-corrected chi connectivity index (χ0v) is 17.2. The average molecular weight is 351 g/mol. The number of unbranched alkanes of at least 4 members (excludes halogenated alkanes) is 8. The van der Waals surface area contributed by atoms with Crippen LogP contribution in [0.15, 0.2) is 0 Å². The van der Waals surface area contributed by atoms with Crippen LogP contribution in [0.5, 0.6) is 0 Å². The van der Waals surface area contributed by atoms with Gasteiger partial charge in [-0.3, -0.25) is 4.79 Å². The van der Waals surface area contributed by atoms with E-state index in [1.165, 1.54) is 38.5 Å². The van der Waals surface area contributed by atoms with E-state index in [1.54, 1.807) is 0 Å². The van der Waals surface area contributed by atoms with Crippen molar-refractivity contribution in [3.63, 3.8) is 0 Å². The van der Waals surface area contributed by atoms with Crippen molar-refractivity contribution in [3.8, 4) is 0 Å². The summed E-state index contributed by atoms with van der Waals surface area (Å²) >= 11 is 0. The number of hydrogen-bond donors (Lipinski definition) is 1. The van der Waals surface area contributed by atoms with Gasteiger partial charge in [0, 0.05) is 12.4 Å². The molecule has 1 unspecified atom stereocenters. The third-order valence-corrected chi connectivity index (χ3v) is 3.66. The minimum atomic E-state index is -1.28. The Morgan fingerprint density at radius 3 is 1.92 bits per heavy atom. The number of nitrogens with two attached hydrogens (primary N) is 1. The molecule has 0 saturated carbocycles. The average Bonchev–Trinajstić information content (AvgIpc) is 2.50. The summed E-state index contributed by atoms with van der Waals surface area (Å²) in [4.78, 5) is 33.2. The van der Waals surface area contributed by atoms with Crippen LogP contribution in [0.2, 0.25) is 0 Å². The number of carbonyl (C=O) groups excluding carboxylic acids is 3. The minimum absolute atomic E-state index is 0. The van der Waals surface area contributed by atoms with Crippen LogP contribution < -0.4 is 40.4 Å². The van der Waals surface area contributed by atoms with Crippen LogP contribution in [0.25, 0.3) is 0 Å². The normalized spacial score (nSPS) is 11.4. The molecule has 0 bridgehead atoms. The van der Waals surface area contributed by atoms with Crippen molar-refractivity contribution < 1.29 is 53.8 Å². The number of aliphatic carboxylic acids is 1. The molecule has 7 heteroatoms. The van der Waals surface area contributed by atoms with Gasteiger partial charge in [0.2, 0.25) is 0 Å². The van der Waals surface area contributed by atoms with E-state index in [0.29, 0.717) is 6.42 Å². The monoisotopic (exact) mass is 351 g/mol. The molecule has 0 heterocycles. The van der Waals surface area contributed by atoms with Crippen LogP contribution in [0.4, 0.5) is 0 Å². The molecule has 0 aliphatic carbocycles. The number of esters is 2. The molecule has 0 amide bonds. The topological polar surface area (TPSA) is 110 Å². The van der Waals surface area contributed by atoms with E-state index in [0.717, 1.165) is 12.8 Å². The molecule has 1 atom stereocenters. The predicted molar refractivity (Wildman–Crippen MR) is 85.2 cm³/mol. The molecule has 0 aliphatic heterocycles. The Morgan fingerprint density at radius 2 is 1.42 bits per heavy atom. The summed E-state index contributed by atoms with van der Waals surface area (Å²) < 4.78 is 4.60. The van der Waals surface area contributed by atoms with E-state index in [-0.39, 0.29) is 48.8 Å². The van der Waals surface area contributed by atoms with E-state index in [2.05, 4.69) is 11.7 Å². The van der Waals surface area contributed by atoms with Gasteiger partial charge in [0.05, 0.1) is 0 Å². The molecule has 0 aromatic carbocycles. The number of rotatable bonds is 14. The molecule has 2 N–H and O–H groups in total. The molecule has 0 spiro atoms. The third kappa shape index (κ3) is 16.4. The van der Waals surface area contributed by atoms with Gasteiger partial charge in [0.15, 0.2) is 0 Å². The van der Waals surface area contributed by atoms with Crippen LogP contribution in [0, 0.1) is 0 Å². The van der Waals surface area contributed by atoms with Crippen LogP contribution in [-0.4, -0.2) is 23.9 Å². The summed E-state index contributed by atoms with van der Waals surface area (Å²) in [5, 5.41) is 10.3. The maximum absolute atomic E-state index is 11.5. The Labute approximate surface area is 167 Å². The predicted octanol–water partition coefficient (Wildman–Crippen LogP) is -1.16. The smallest absolute Gasteiger partial charge is 0.550 e. The molecule has 0 aromatic heterocycles. The maximum atomic E-state index is 11.5. The van der Waals surface area contributed by atoms with Gasteiger partial charge in [-0.05, 0) is 19.3 Å². The van der Waals surface area contributed by atoms with E-state index in [9.17, 15) is 19.5 Å². The number of hydrogen-bond acceptors (Lipinski definition) is 6. The second-order valence-electron chi connectivity index (χ2n) is 5.89. The van der Waals surface area contributed by atoms with Crippen LogP contribution in [-0.2, 0) is 19.1 Å². The molecule has 0 fully saturated rings. The van der Waals surface area contributed by atoms with Gasteiger partial charge in [-0.15, -0.1) is 0 Å². The quantitative estimate of drug-likeness (QED) is 0.183. The fourth-order valence-corrected chi connectivity index (χ4v) is 2.21. The van der Waals surface area contributed by atoms with Crippen molar-refractivity contribution in [1.29, 1.82) is 0 Å². The standard InChI is InChI=1S/C17H31NO5.Na/c1-2-3-4-5-6-7-8-9-10-11-16(21)23-17(22)14(18)12-13-15(19)20;/h14H,2-13,18H2,1H3,(H,19,20);/q;+1/p-1. The first-order chi connectivity index (χ1) is 11.0. The summed E-state index contributed by atoms with van der Waals surface area (Å²) in [5.74, 6) is -2.75. The van der Waals surface area contributed by atoms with Gasteiger partial charge in [-0.25, -0.2) is 4.79 Å². The Hall–Kier alpha value is -0.430. The fourth-order valence-electron chi connectivity index (χ4n) is 2.21. The Bertz CT molecular complexity index is 363. The molecule has 134 valence electrons. The number of carboxylic acid groups (broad SMARTS) is 1. The van der Waals surface area contributed by atoms with Gasteiger partial charge >= 0.3 is 41.5 Å². The summed E-state index contributed by atoms with van der Waals surface area (Å²) in [6, 6.07) is -1.10. The minimum Gasteiger partial charge on any atom is -0.550 e. The van der Waals surface area contributed by atoms with Crippen LogP contribution in [0.1, 0.15) is 84.0 Å². The van der Waals surface area contributed by atoms with E-state index in [4.69, 9.17) is 5.73 Å². The number of ether oxygens (including phenoxy) is 1. The largest absolute Gasteiger partial charge is 1.00 e. The van der Waals surface area contributed by atoms with Crippen LogP contribution >= 0.6 is 0 Å². The zero-order valence-electron chi connectivity index (χ0n) is 15.2. The van der Waals surface area contributed by atoms with Crippen LogP contribution in [0.3, 0.4) is 0 Å². The molecule has 6 nitrogen and oxygen atoms in total. The molecular formula is C17H30NNaO5. The van der Waals surface area contributed by atoms with Crippen molar-refractivity contribution in [2.75, 3.05) is 0 Å². The molecule has 0 saturated heterocycles. The Balaban J connectivity index is 0. The summed E-state index contributed by atoms with van der Waals surface area (Å²) in [7, 11) is 0. The molecule has 0 radical (unpaired) electrons. The van der Waals surface area contributed by atoms with Gasteiger partial charge < -0.3 is 20.4 Å². The summed E-state index contributed by atoms with van der Waals surface area (Å²) in [6.07, 6.45) is 9.99. The van der Waals surface area contributed by atoms with Gasteiger partial charge in [-0.2, -0.15) is 0 Å². The van der Waals surface area contributed by atoms with Crippen molar-refractivity contribution >= 4 is 17.9 Å². The van der Waals surface area contributed by atoms with Crippen molar-refractivity contribution in [3.05, 3.63) is 0 Å². The fraction of sp³-hybridized carbons (Fsp3) is 0.824. The second kappa shape index (κ2) is 17.4. The molecule has 0 aliphatic rings. The van der Waals surface area contributed by atoms with Crippen molar-refractivity contribution in [2.45, 2.75) is 90.0 Å². The third-order valence-electron chi connectivity index (χ3n) is 3.66. The maximum Gasteiger partial charge on any atom is 1.00 e. The first kappa shape index (κ1) is 25.8. The number of carboxylic acids is 1. The first-order valence-electron chi connectivity index (χ1n) is 8.67. The van der Waals surface area contributed by atoms with Gasteiger partial charge in [-0.1, -0.05) is 58.3 Å². The van der Waals surface area contributed by atoms with Crippen molar-refractivity contribution in [2.24, 2.45) is 5.73 Å². The van der Waals surface area contributed by atoms with E-state index in [1.807, 2.05) is 0 Å². The first-order valence-corrected chi connectivity index (χ1v) is 8.67. The number of carbonyl (C=O) groups is 3. The SMILES string of the molecule is CCCCCCCCCCCC(=O)OC(=O)C(N)CCC(=O)[O-].[Na+]. The summed E-state index contributed by atoms with van der Waals surface area (Å²) in [6.45, 7) is 2.19. The van der Waals surface area contributed by atoms with Gasteiger partial charge in [0.1, 0.15) is 6.04 Å². The zero-order chi connectivity index (χ0) is 17.5. The molecule has 24 heavy (non-hydrogen) atoms.